The minimum atomic E-state index is -3.62. The second-order valence-electron chi connectivity index (χ2n) is 7.21. The van der Waals surface area contributed by atoms with Gasteiger partial charge in [-0.15, -0.1) is 0 Å². The first-order valence-electron chi connectivity index (χ1n) is 9.00. The Kier molecular flexibility index (Phi) is 5.43. The molecule has 4 nitrogen and oxygen atoms in total. The summed E-state index contributed by atoms with van der Waals surface area (Å²) in [6, 6.07) is 14.8. The Hall–Kier alpha value is -1.76. The third kappa shape index (κ3) is 3.42. The molecular formula is C21H25NO3S2. The normalized spacial score (nSPS) is 24.6. The highest BCUT2D eigenvalue weighted by atomic mass is 32.2. The van der Waals surface area contributed by atoms with Gasteiger partial charge in [0.05, 0.1) is 27.2 Å². The summed E-state index contributed by atoms with van der Waals surface area (Å²) in [7, 11) is -3.62. The fourth-order valence-electron chi connectivity index (χ4n) is 3.79. The standard InChI is InChI=1S/C21H25NO3S2/c1-4-25-13-21(20(22)26)18(16-9-5-14(2)6-10-16)19(21)27(23,24)17-11-7-15(3)8-12-17/h5-12,18-19H,4,13H2,1-3H3,(H2,22,26)/t18-,19-,21+/m0/s1. The second-order valence-corrected chi connectivity index (χ2v) is 9.72. The van der Waals surface area contributed by atoms with Crippen LogP contribution in [0.2, 0.25) is 0 Å². The summed E-state index contributed by atoms with van der Waals surface area (Å²) in [5.41, 5.74) is 8.27. The van der Waals surface area contributed by atoms with Gasteiger partial charge in [-0.25, -0.2) is 8.42 Å². The maximum Gasteiger partial charge on any atom is 0.182 e. The van der Waals surface area contributed by atoms with Gasteiger partial charge in [-0.05, 0) is 38.5 Å². The van der Waals surface area contributed by atoms with Crippen LogP contribution < -0.4 is 5.73 Å². The van der Waals surface area contributed by atoms with Crippen molar-refractivity contribution < 1.29 is 13.2 Å². The third-order valence-corrected chi connectivity index (χ3v) is 8.05. The summed E-state index contributed by atoms with van der Waals surface area (Å²) >= 11 is 5.36. The zero-order valence-corrected chi connectivity index (χ0v) is 17.4. The monoisotopic (exact) mass is 403 g/mol. The van der Waals surface area contributed by atoms with E-state index in [4.69, 9.17) is 22.7 Å². The topological polar surface area (TPSA) is 69.4 Å². The van der Waals surface area contributed by atoms with Crippen LogP contribution in [0.3, 0.4) is 0 Å². The Morgan fingerprint density at radius 1 is 1.07 bits per heavy atom. The molecule has 3 atom stereocenters. The minimum Gasteiger partial charge on any atom is -0.393 e. The number of rotatable bonds is 7. The van der Waals surface area contributed by atoms with Gasteiger partial charge < -0.3 is 10.5 Å². The molecule has 2 aromatic carbocycles. The molecule has 144 valence electrons. The van der Waals surface area contributed by atoms with E-state index in [2.05, 4.69) is 0 Å². The van der Waals surface area contributed by atoms with Crippen molar-refractivity contribution in [1.82, 2.24) is 0 Å². The molecule has 2 N–H and O–H groups in total. The van der Waals surface area contributed by atoms with E-state index in [1.54, 1.807) is 24.3 Å². The number of hydrogen-bond donors (Lipinski definition) is 1. The van der Waals surface area contributed by atoms with Crippen molar-refractivity contribution in [1.29, 1.82) is 0 Å². The van der Waals surface area contributed by atoms with Gasteiger partial charge in [-0.3, -0.25) is 0 Å². The fourth-order valence-corrected chi connectivity index (χ4v) is 6.56. The number of sulfone groups is 1. The number of ether oxygens (including phenoxy) is 1. The van der Waals surface area contributed by atoms with E-state index in [9.17, 15) is 8.42 Å². The maximum atomic E-state index is 13.5. The van der Waals surface area contributed by atoms with Gasteiger partial charge in [0.2, 0.25) is 0 Å². The molecule has 0 aliphatic heterocycles. The summed E-state index contributed by atoms with van der Waals surface area (Å²) < 4.78 is 32.6. The van der Waals surface area contributed by atoms with E-state index in [-0.39, 0.29) is 17.5 Å². The smallest absolute Gasteiger partial charge is 0.182 e. The number of aryl methyl sites for hydroxylation is 2. The first-order valence-corrected chi connectivity index (χ1v) is 11.0. The highest BCUT2D eigenvalue weighted by Crippen LogP contribution is 2.64. The molecule has 1 aliphatic carbocycles. The van der Waals surface area contributed by atoms with E-state index in [0.717, 1.165) is 16.7 Å². The lowest BCUT2D eigenvalue weighted by Crippen LogP contribution is -2.33. The lowest BCUT2D eigenvalue weighted by molar-refractivity contribution is 0.121. The van der Waals surface area contributed by atoms with E-state index in [1.807, 2.05) is 45.0 Å². The van der Waals surface area contributed by atoms with Crippen molar-refractivity contribution in [3.63, 3.8) is 0 Å². The van der Waals surface area contributed by atoms with Crippen LogP contribution in [-0.4, -0.2) is 31.9 Å². The van der Waals surface area contributed by atoms with Crippen molar-refractivity contribution >= 4 is 27.0 Å². The molecule has 0 aromatic heterocycles. The van der Waals surface area contributed by atoms with Crippen LogP contribution in [0.15, 0.2) is 53.4 Å². The van der Waals surface area contributed by atoms with Crippen LogP contribution in [0.5, 0.6) is 0 Å². The molecule has 0 unspecified atom stereocenters. The zero-order chi connectivity index (χ0) is 19.8. The van der Waals surface area contributed by atoms with Crippen LogP contribution in [0.25, 0.3) is 0 Å². The van der Waals surface area contributed by atoms with Gasteiger partial charge in [-0.1, -0.05) is 59.7 Å². The molecule has 27 heavy (non-hydrogen) atoms. The molecule has 6 heteroatoms. The quantitative estimate of drug-likeness (QED) is 0.716. The zero-order valence-electron chi connectivity index (χ0n) is 15.8. The molecule has 0 amide bonds. The van der Waals surface area contributed by atoms with Gasteiger partial charge in [0.25, 0.3) is 0 Å². The molecular weight excluding hydrogens is 378 g/mol. The highest BCUT2D eigenvalue weighted by molar-refractivity contribution is 7.92. The molecule has 1 saturated carbocycles. The Labute approximate surface area is 166 Å². The first kappa shape index (κ1) is 20.0. The molecule has 0 spiro atoms. The van der Waals surface area contributed by atoms with Crippen LogP contribution in [0.1, 0.15) is 29.5 Å². The minimum absolute atomic E-state index is 0.196. The first-order chi connectivity index (χ1) is 12.7. The fraction of sp³-hybridized carbons (Fsp3) is 0.381. The van der Waals surface area contributed by atoms with Gasteiger partial charge >= 0.3 is 0 Å². The Bertz CT molecular complexity index is 936. The maximum absolute atomic E-state index is 13.5. The summed E-state index contributed by atoms with van der Waals surface area (Å²) in [4.78, 5) is 0.493. The molecule has 0 bridgehead atoms. The molecule has 1 aliphatic rings. The Morgan fingerprint density at radius 3 is 2.07 bits per heavy atom. The molecule has 0 radical (unpaired) electrons. The lowest BCUT2D eigenvalue weighted by Gasteiger charge is -2.17. The SMILES string of the molecule is CCOC[C@@]1(C(N)=S)[C@@H](c2ccc(C)cc2)[C@@H]1S(=O)(=O)c1ccc(C)cc1. The molecule has 1 fully saturated rings. The summed E-state index contributed by atoms with van der Waals surface area (Å²) in [5, 5.41) is -0.723. The second kappa shape index (κ2) is 7.34. The average Bonchev–Trinajstić information content (AvgIpc) is 3.32. The summed E-state index contributed by atoms with van der Waals surface area (Å²) in [6.07, 6.45) is 0. The van der Waals surface area contributed by atoms with E-state index in [1.165, 1.54) is 0 Å². The van der Waals surface area contributed by atoms with Crippen LogP contribution in [-0.2, 0) is 14.6 Å². The Balaban J connectivity index is 2.10. The third-order valence-electron chi connectivity index (χ3n) is 5.38. The van der Waals surface area contributed by atoms with E-state index < -0.39 is 20.5 Å². The summed E-state index contributed by atoms with van der Waals surface area (Å²) in [6.45, 7) is 6.48. The van der Waals surface area contributed by atoms with Crippen molar-refractivity contribution in [2.75, 3.05) is 13.2 Å². The molecule has 0 heterocycles. The van der Waals surface area contributed by atoms with E-state index in [0.29, 0.717) is 11.5 Å². The largest absolute Gasteiger partial charge is 0.393 e. The molecule has 3 rings (SSSR count). The number of thiocarbonyl (C=S) groups is 1. The summed E-state index contributed by atoms with van der Waals surface area (Å²) in [5.74, 6) is -0.312. The van der Waals surface area contributed by atoms with Gasteiger partial charge in [0.1, 0.15) is 0 Å². The van der Waals surface area contributed by atoms with Crippen molar-refractivity contribution in [2.45, 2.75) is 36.8 Å². The van der Waals surface area contributed by atoms with Crippen LogP contribution >= 0.6 is 12.2 Å². The molecule has 2 aromatic rings. The predicted octanol–water partition coefficient (Wildman–Crippen LogP) is 3.55. The molecule has 0 saturated heterocycles. The van der Waals surface area contributed by atoms with Gasteiger partial charge in [0, 0.05) is 12.5 Å². The van der Waals surface area contributed by atoms with Crippen molar-refractivity contribution in [3.8, 4) is 0 Å². The average molecular weight is 404 g/mol. The number of nitrogens with two attached hydrogens (primary N) is 1. The predicted molar refractivity (Wildman–Crippen MR) is 112 cm³/mol. The Morgan fingerprint density at radius 2 is 1.59 bits per heavy atom. The van der Waals surface area contributed by atoms with Crippen molar-refractivity contribution in [2.24, 2.45) is 11.1 Å². The van der Waals surface area contributed by atoms with Crippen LogP contribution in [0.4, 0.5) is 0 Å². The van der Waals surface area contributed by atoms with Crippen molar-refractivity contribution in [3.05, 3.63) is 65.2 Å². The number of hydrogen-bond acceptors (Lipinski definition) is 4. The van der Waals surface area contributed by atoms with Crippen LogP contribution in [0, 0.1) is 19.3 Å². The number of benzene rings is 2. The van der Waals surface area contributed by atoms with Gasteiger partial charge in [-0.2, -0.15) is 0 Å². The van der Waals surface area contributed by atoms with E-state index >= 15 is 0 Å². The highest BCUT2D eigenvalue weighted by Gasteiger charge is 2.73. The lowest BCUT2D eigenvalue weighted by atomic mass is 9.99. The van der Waals surface area contributed by atoms with Gasteiger partial charge in [0.15, 0.2) is 9.84 Å².